The molecule has 0 aliphatic heterocycles. The number of nitrogens with zero attached hydrogens (tertiary/aromatic N) is 1. The number of aromatic amines is 1. The summed E-state index contributed by atoms with van der Waals surface area (Å²) in [5.41, 5.74) is 0.850. The van der Waals surface area contributed by atoms with Crippen molar-refractivity contribution >= 4 is 17.8 Å². The Kier molecular flexibility index (Phi) is 6.98. The molecule has 0 aliphatic carbocycles. The summed E-state index contributed by atoms with van der Waals surface area (Å²) in [4.78, 5) is 35.4. The number of aryl methyl sites for hydroxylation is 1. The van der Waals surface area contributed by atoms with Crippen molar-refractivity contribution in [1.29, 1.82) is 0 Å². The number of rotatable bonds is 8. The molecule has 10 heteroatoms. The smallest absolute Gasteiger partial charge is 0.387 e. The molecular formula is C17H17F2N3O5. The summed E-state index contributed by atoms with van der Waals surface area (Å²) < 4.78 is 33.1. The molecule has 144 valence electrons. The zero-order valence-corrected chi connectivity index (χ0v) is 14.3. The molecule has 8 nitrogen and oxygen atoms in total. The summed E-state index contributed by atoms with van der Waals surface area (Å²) in [6, 6.07) is 6.28. The second-order valence-corrected chi connectivity index (χ2v) is 5.38. The fourth-order valence-corrected chi connectivity index (χ4v) is 2.09. The van der Waals surface area contributed by atoms with Gasteiger partial charge in [-0.2, -0.15) is 13.9 Å². The fraction of sp³-hybridized carbons (Fsp3) is 0.294. The van der Waals surface area contributed by atoms with Crippen LogP contribution in [0.2, 0.25) is 0 Å². The predicted octanol–water partition coefficient (Wildman–Crippen LogP) is 2.08. The first-order chi connectivity index (χ1) is 12.9. The van der Waals surface area contributed by atoms with Crippen molar-refractivity contribution in [2.24, 2.45) is 0 Å². The second-order valence-electron chi connectivity index (χ2n) is 5.38. The monoisotopic (exact) mass is 381 g/mol. The van der Waals surface area contributed by atoms with Crippen LogP contribution in [0.4, 0.5) is 8.78 Å². The number of esters is 1. The van der Waals surface area contributed by atoms with Gasteiger partial charge in [0.2, 0.25) is 0 Å². The Morgan fingerprint density at radius 1 is 1.22 bits per heavy atom. The maximum Gasteiger partial charge on any atom is 0.387 e. The standard InChI is InChI=1S/C17H17F2N3O5/c1-2-3-11-8-13(22-21-11)16(25)26-9-14(23)20-15(24)10-4-6-12(7-5-10)27-17(18)19/h4-8,17H,2-3,9H2,1H3,(H,21,22)(H,20,23,24). The SMILES string of the molecule is CCCc1cc(C(=O)OCC(=O)NC(=O)c2ccc(OC(F)F)cc2)n[nH]1. The Bertz CT molecular complexity index is 805. The lowest BCUT2D eigenvalue weighted by Gasteiger charge is -2.07. The molecule has 1 aromatic heterocycles. The highest BCUT2D eigenvalue weighted by molar-refractivity contribution is 6.05. The van der Waals surface area contributed by atoms with E-state index >= 15 is 0 Å². The van der Waals surface area contributed by atoms with Crippen molar-refractivity contribution < 1.29 is 32.6 Å². The van der Waals surface area contributed by atoms with Crippen LogP contribution in [0.15, 0.2) is 30.3 Å². The lowest BCUT2D eigenvalue weighted by molar-refractivity contribution is -0.123. The average molecular weight is 381 g/mol. The molecule has 0 bridgehead atoms. The van der Waals surface area contributed by atoms with E-state index in [-0.39, 0.29) is 17.0 Å². The maximum atomic E-state index is 12.1. The number of carbonyl (C=O) groups is 3. The van der Waals surface area contributed by atoms with Gasteiger partial charge >= 0.3 is 12.6 Å². The zero-order valence-electron chi connectivity index (χ0n) is 14.3. The molecule has 0 saturated carbocycles. The summed E-state index contributed by atoms with van der Waals surface area (Å²) in [7, 11) is 0. The molecule has 0 atom stereocenters. The highest BCUT2D eigenvalue weighted by atomic mass is 19.3. The summed E-state index contributed by atoms with van der Waals surface area (Å²) in [5, 5.41) is 8.49. The van der Waals surface area contributed by atoms with Crippen LogP contribution >= 0.6 is 0 Å². The van der Waals surface area contributed by atoms with Crippen LogP contribution in [-0.2, 0) is 16.0 Å². The topological polar surface area (TPSA) is 110 Å². The molecule has 0 unspecified atom stereocenters. The number of hydrogen-bond acceptors (Lipinski definition) is 6. The van der Waals surface area contributed by atoms with Gasteiger partial charge in [0.05, 0.1) is 0 Å². The molecule has 1 heterocycles. The first-order valence-corrected chi connectivity index (χ1v) is 7.99. The second kappa shape index (κ2) is 9.41. The number of carbonyl (C=O) groups excluding carboxylic acids is 3. The Labute approximate surface area is 152 Å². The van der Waals surface area contributed by atoms with Crippen molar-refractivity contribution in [3.05, 3.63) is 47.3 Å². The molecule has 0 saturated heterocycles. The number of amides is 2. The van der Waals surface area contributed by atoms with Crippen molar-refractivity contribution in [3.8, 4) is 5.75 Å². The van der Waals surface area contributed by atoms with Gasteiger partial charge in [-0.05, 0) is 36.8 Å². The Balaban J connectivity index is 1.82. The largest absolute Gasteiger partial charge is 0.451 e. The first kappa shape index (κ1) is 20.0. The van der Waals surface area contributed by atoms with Gasteiger partial charge < -0.3 is 9.47 Å². The third-order valence-electron chi connectivity index (χ3n) is 3.29. The number of ether oxygens (including phenoxy) is 2. The van der Waals surface area contributed by atoms with Crippen LogP contribution in [0.25, 0.3) is 0 Å². The number of nitrogens with one attached hydrogen (secondary N) is 2. The van der Waals surface area contributed by atoms with Gasteiger partial charge in [0.15, 0.2) is 12.3 Å². The van der Waals surface area contributed by atoms with Crippen LogP contribution in [0.3, 0.4) is 0 Å². The van der Waals surface area contributed by atoms with Crippen LogP contribution in [0.5, 0.6) is 5.75 Å². The highest BCUT2D eigenvalue weighted by Crippen LogP contribution is 2.14. The number of benzene rings is 1. The summed E-state index contributed by atoms with van der Waals surface area (Å²) in [6.07, 6.45) is 1.59. The summed E-state index contributed by atoms with van der Waals surface area (Å²) >= 11 is 0. The quantitative estimate of drug-likeness (QED) is 0.678. The van der Waals surface area contributed by atoms with Gasteiger partial charge in [-0.15, -0.1) is 0 Å². The van der Waals surface area contributed by atoms with Crippen molar-refractivity contribution in [1.82, 2.24) is 15.5 Å². The van der Waals surface area contributed by atoms with E-state index in [2.05, 4.69) is 14.9 Å². The third kappa shape index (κ3) is 6.17. The molecule has 0 spiro atoms. The Morgan fingerprint density at radius 2 is 1.93 bits per heavy atom. The van der Waals surface area contributed by atoms with Crippen LogP contribution < -0.4 is 10.1 Å². The van der Waals surface area contributed by atoms with Gasteiger partial charge in [0.1, 0.15) is 5.75 Å². The van der Waals surface area contributed by atoms with Crippen LogP contribution in [0.1, 0.15) is 39.9 Å². The number of halogens is 2. The van der Waals surface area contributed by atoms with E-state index in [1.807, 2.05) is 12.2 Å². The van der Waals surface area contributed by atoms with E-state index in [0.717, 1.165) is 30.7 Å². The zero-order chi connectivity index (χ0) is 19.8. The number of imide groups is 1. The summed E-state index contributed by atoms with van der Waals surface area (Å²) in [5.74, 6) is -2.54. The van der Waals surface area contributed by atoms with Crippen molar-refractivity contribution in [2.75, 3.05) is 6.61 Å². The Hall–Kier alpha value is -3.30. The molecule has 27 heavy (non-hydrogen) atoms. The first-order valence-electron chi connectivity index (χ1n) is 7.99. The molecule has 0 aliphatic rings. The minimum Gasteiger partial charge on any atom is -0.451 e. The molecule has 2 amide bonds. The molecule has 1 aromatic carbocycles. The maximum absolute atomic E-state index is 12.1. The summed E-state index contributed by atoms with van der Waals surface area (Å²) in [6.45, 7) is -1.68. The number of hydrogen-bond donors (Lipinski definition) is 2. The van der Waals surface area contributed by atoms with Gasteiger partial charge in [-0.3, -0.25) is 20.0 Å². The van der Waals surface area contributed by atoms with E-state index in [4.69, 9.17) is 4.74 Å². The molecule has 2 N–H and O–H groups in total. The average Bonchev–Trinajstić information content (AvgIpc) is 3.09. The van der Waals surface area contributed by atoms with Gasteiger partial charge in [0.25, 0.3) is 11.8 Å². The molecule has 2 rings (SSSR count). The fourth-order valence-electron chi connectivity index (χ4n) is 2.09. The van der Waals surface area contributed by atoms with Crippen molar-refractivity contribution in [3.63, 3.8) is 0 Å². The van der Waals surface area contributed by atoms with Crippen LogP contribution in [-0.4, -0.2) is 41.2 Å². The van der Waals surface area contributed by atoms with E-state index in [1.165, 1.54) is 18.2 Å². The molecule has 2 aromatic rings. The van der Waals surface area contributed by atoms with E-state index < -0.39 is 31.0 Å². The number of aromatic nitrogens is 2. The van der Waals surface area contributed by atoms with Crippen LogP contribution in [0, 0.1) is 0 Å². The van der Waals surface area contributed by atoms with E-state index in [9.17, 15) is 23.2 Å². The third-order valence-corrected chi connectivity index (χ3v) is 3.29. The van der Waals surface area contributed by atoms with Gasteiger partial charge in [-0.1, -0.05) is 13.3 Å². The van der Waals surface area contributed by atoms with Gasteiger partial charge in [-0.25, -0.2) is 4.79 Å². The van der Waals surface area contributed by atoms with E-state index in [1.54, 1.807) is 0 Å². The lowest BCUT2D eigenvalue weighted by Crippen LogP contribution is -2.34. The minimum atomic E-state index is -2.98. The molecular weight excluding hydrogens is 364 g/mol. The minimum absolute atomic E-state index is 0.0344. The van der Waals surface area contributed by atoms with Gasteiger partial charge in [0, 0.05) is 11.3 Å². The number of alkyl halides is 2. The van der Waals surface area contributed by atoms with E-state index in [0.29, 0.717) is 0 Å². The lowest BCUT2D eigenvalue weighted by atomic mass is 10.2. The Morgan fingerprint density at radius 3 is 2.56 bits per heavy atom. The molecule has 0 radical (unpaired) electrons. The number of H-pyrrole nitrogens is 1. The highest BCUT2D eigenvalue weighted by Gasteiger charge is 2.16. The normalized spacial score (nSPS) is 10.5. The predicted molar refractivity (Wildman–Crippen MR) is 88.4 cm³/mol. The van der Waals surface area contributed by atoms with Crippen molar-refractivity contribution in [2.45, 2.75) is 26.4 Å². The molecule has 0 fully saturated rings.